The molecular weight excluding hydrogens is 408 g/mol. The van der Waals surface area contributed by atoms with Gasteiger partial charge in [0.25, 0.3) is 5.91 Å². The van der Waals surface area contributed by atoms with Gasteiger partial charge >= 0.3 is 0 Å². The molecule has 0 bridgehead atoms. The summed E-state index contributed by atoms with van der Waals surface area (Å²) >= 11 is 8.40. The lowest BCUT2D eigenvalue weighted by Gasteiger charge is -2.03. The molecule has 0 saturated heterocycles. The van der Waals surface area contributed by atoms with Crippen LogP contribution in [0.3, 0.4) is 0 Å². The number of benzene rings is 1. The number of furan rings is 1. The van der Waals surface area contributed by atoms with E-state index in [-0.39, 0.29) is 12.5 Å². The molecule has 0 fully saturated rings. The number of thiazole rings is 1. The highest BCUT2D eigenvalue weighted by Crippen LogP contribution is 2.27. The van der Waals surface area contributed by atoms with Gasteiger partial charge < -0.3 is 9.15 Å². The number of ether oxygens (including phenoxy) is 1. The van der Waals surface area contributed by atoms with Crippen molar-refractivity contribution in [3.05, 3.63) is 63.8 Å². The molecule has 7 nitrogen and oxygen atoms in total. The third-order valence-corrected chi connectivity index (χ3v) is 5.27. The molecule has 4 rings (SSSR count). The summed E-state index contributed by atoms with van der Waals surface area (Å²) in [6.07, 6.45) is 1.55. The van der Waals surface area contributed by atoms with E-state index in [9.17, 15) is 4.79 Å². The Labute approximate surface area is 166 Å². The number of carbonyl (C=O) groups is 1. The van der Waals surface area contributed by atoms with Gasteiger partial charge in [-0.3, -0.25) is 10.1 Å². The van der Waals surface area contributed by atoms with Crippen LogP contribution in [0.5, 0.6) is 5.75 Å². The monoisotopic (exact) mass is 418 g/mol. The number of hydrogen-bond acceptors (Lipinski definition) is 8. The molecular formula is C17H11ClN4O3S2. The van der Waals surface area contributed by atoms with Crippen molar-refractivity contribution >= 4 is 45.3 Å². The molecule has 4 aromatic rings. The van der Waals surface area contributed by atoms with E-state index in [0.717, 1.165) is 0 Å². The number of hydrogen-bond donors (Lipinski definition) is 1. The topological polar surface area (TPSA) is 90.1 Å². The molecule has 1 N–H and O–H groups in total. The average Bonchev–Trinajstić information content (AvgIpc) is 3.42. The molecule has 136 valence electrons. The first-order chi connectivity index (χ1) is 13.2. The molecule has 1 amide bonds. The Kier molecular flexibility index (Phi) is 5.14. The Hall–Kier alpha value is -2.75. The second-order valence-electron chi connectivity index (χ2n) is 5.21. The molecule has 0 aliphatic rings. The first-order valence-electron chi connectivity index (χ1n) is 7.69. The standard InChI is InChI=1S/C17H11ClN4O3S2/c18-10-3-5-11(6-4-10)25-8-14-19-12(9-26-14)15(23)20-17-22-21-16(27-17)13-2-1-7-24-13/h1-7,9H,8H2,(H,20,22,23). The number of anilines is 1. The number of halogens is 1. The molecule has 0 atom stereocenters. The number of nitrogens with zero attached hydrogens (tertiary/aromatic N) is 3. The fourth-order valence-corrected chi connectivity index (χ4v) is 3.61. The summed E-state index contributed by atoms with van der Waals surface area (Å²) in [6.45, 7) is 0.265. The molecule has 0 aliphatic heterocycles. The lowest BCUT2D eigenvalue weighted by atomic mass is 10.3. The van der Waals surface area contributed by atoms with E-state index in [1.165, 1.54) is 22.7 Å². The van der Waals surface area contributed by atoms with Crippen molar-refractivity contribution in [2.24, 2.45) is 0 Å². The van der Waals surface area contributed by atoms with Gasteiger partial charge in [-0.25, -0.2) is 4.98 Å². The Morgan fingerprint density at radius 1 is 1.22 bits per heavy atom. The minimum absolute atomic E-state index is 0.265. The van der Waals surface area contributed by atoms with E-state index in [4.69, 9.17) is 20.8 Å². The van der Waals surface area contributed by atoms with E-state index in [1.54, 1.807) is 48.0 Å². The van der Waals surface area contributed by atoms with Gasteiger partial charge in [-0.1, -0.05) is 22.9 Å². The quantitative estimate of drug-likeness (QED) is 0.486. The Morgan fingerprint density at radius 3 is 2.85 bits per heavy atom. The van der Waals surface area contributed by atoms with Crippen LogP contribution in [0.2, 0.25) is 5.02 Å². The largest absolute Gasteiger partial charge is 0.486 e. The molecule has 3 heterocycles. The maximum atomic E-state index is 12.3. The predicted molar refractivity (Wildman–Crippen MR) is 103 cm³/mol. The summed E-state index contributed by atoms with van der Waals surface area (Å²) in [4.78, 5) is 16.6. The van der Waals surface area contributed by atoms with Crippen LogP contribution in [0.4, 0.5) is 5.13 Å². The van der Waals surface area contributed by atoms with Crippen LogP contribution >= 0.6 is 34.3 Å². The zero-order valence-electron chi connectivity index (χ0n) is 13.6. The summed E-state index contributed by atoms with van der Waals surface area (Å²) < 4.78 is 10.9. The third kappa shape index (κ3) is 4.33. The second kappa shape index (κ2) is 7.87. The zero-order chi connectivity index (χ0) is 18.6. The van der Waals surface area contributed by atoms with Crippen molar-refractivity contribution in [2.75, 3.05) is 5.32 Å². The highest BCUT2D eigenvalue weighted by molar-refractivity contribution is 7.18. The number of aromatic nitrogens is 3. The van der Waals surface area contributed by atoms with Gasteiger partial charge in [0.2, 0.25) is 5.13 Å². The summed E-state index contributed by atoms with van der Waals surface area (Å²) in [5.41, 5.74) is 0.296. The van der Waals surface area contributed by atoms with E-state index in [1.807, 2.05) is 0 Å². The van der Waals surface area contributed by atoms with Crippen LogP contribution < -0.4 is 10.1 Å². The minimum atomic E-state index is -0.355. The van der Waals surface area contributed by atoms with Crippen LogP contribution in [0.1, 0.15) is 15.5 Å². The predicted octanol–water partition coefficient (Wildman–Crippen LogP) is 4.74. The van der Waals surface area contributed by atoms with Crippen molar-refractivity contribution in [1.29, 1.82) is 0 Å². The Balaban J connectivity index is 1.36. The van der Waals surface area contributed by atoms with Gasteiger partial charge in [-0.15, -0.1) is 21.5 Å². The first kappa shape index (κ1) is 17.7. The van der Waals surface area contributed by atoms with Gasteiger partial charge in [0.05, 0.1) is 6.26 Å². The molecule has 10 heteroatoms. The summed E-state index contributed by atoms with van der Waals surface area (Å²) in [5.74, 6) is 0.925. The van der Waals surface area contributed by atoms with Crippen LogP contribution in [-0.2, 0) is 6.61 Å². The lowest BCUT2D eigenvalue weighted by Crippen LogP contribution is -2.12. The van der Waals surface area contributed by atoms with E-state index in [2.05, 4.69) is 20.5 Å². The van der Waals surface area contributed by atoms with Crippen LogP contribution in [0, 0.1) is 0 Å². The minimum Gasteiger partial charge on any atom is -0.486 e. The van der Waals surface area contributed by atoms with E-state index in [0.29, 0.717) is 37.4 Å². The average molecular weight is 419 g/mol. The highest BCUT2D eigenvalue weighted by atomic mass is 35.5. The Morgan fingerprint density at radius 2 is 2.07 bits per heavy atom. The van der Waals surface area contributed by atoms with Crippen molar-refractivity contribution < 1.29 is 13.9 Å². The van der Waals surface area contributed by atoms with Gasteiger partial charge in [-0.05, 0) is 36.4 Å². The second-order valence-corrected chi connectivity index (χ2v) is 7.57. The fraction of sp³-hybridized carbons (Fsp3) is 0.0588. The van der Waals surface area contributed by atoms with Crippen molar-refractivity contribution in [3.8, 4) is 16.5 Å². The van der Waals surface area contributed by atoms with Crippen LogP contribution in [0.15, 0.2) is 52.5 Å². The van der Waals surface area contributed by atoms with Crippen LogP contribution in [-0.4, -0.2) is 21.1 Å². The Bertz CT molecular complexity index is 1040. The fourth-order valence-electron chi connectivity index (χ4n) is 2.09. The molecule has 1 aromatic carbocycles. The molecule has 0 saturated carbocycles. The lowest BCUT2D eigenvalue weighted by molar-refractivity contribution is 0.102. The molecule has 0 unspecified atom stereocenters. The SMILES string of the molecule is O=C(Nc1nnc(-c2ccco2)s1)c1csc(COc2ccc(Cl)cc2)n1. The summed E-state index contributed by atoms with van der Waals surface area (Å²) in [7, 11) is 0. The first-order valence-corrected chi connectivity index (χ1v) is 9.76. The smallest absolute Gasteiger partial charge is 0.276 e. The van der Waals surface area contributed by atoms with E-state index < -0.39 is 0 Å². The molecule has 0 radical (unpaired) electrons. The molecule has 27 heavy (non-hydrogen) atoms. The van der Waals surface area contributed by atoms with Crippen molar-refractivity contribution in [3.63, 3.8) is 0 Å². The maximum absolute atomic E-state index is 12.3. The number of nitrogens with one attached hydrogen (secondary N) is 1. The number of carbonyl (C=O) groups excluding carboxylic acids is 1. The van der Waals surface area contributed by atoms with Gasteiger partial charge in [0, 0.05) is 10.4 Å². The molecule has 0 aliphatic carbocycles. The van der Waals surface area contributed by atoms with Crippen molar-refractivity contribution in [1.82, 2.24) is 15.2 Å². The van der Waals surface area contributed by atoms with Gasteiger partial charge in [0.15, 0.2) is 10.8 Å². The summed E-state index contributed by atoms with van der Waals surface area (Å²) in [5, 5.41) is 14.6. The number of rotatable bonds is 6. The summed E-state index contributed by atoms with van der Waals surface area (Å²) in [6, 6.07) is 10.6. The van der Waals surface area contributed by atoms with E-state index >= 15 is 0 Å². The van der Waals surface area contributed by atoms with Gasteiger partial charge in [0.1, 0.15) is 23.1 Å². The zero-order valence-corrected chi connectivity index (χ0v) is 16.0. The van der Waals surface area contributed by atoms with Crippen molar-refractivity contribution in [2.45, 2.75) is 6.61 Å². The van der Waals surface area contributed by atoms with Crippen LogP contribution in [0.25, 0.3) is 10.8 Å². The molecule has 3 aromatic heterocycles. The number of amides is 1. The third-order valence-electron chi connectivity index (χ3n) is 3.34. The highest BCUT2D eigenvalue weighted by Gasteiger charge is 2.15. The normalized spacial score (nSPS) is 10.7. The molecule has 0 spiro atoms. The van der Waals surface area contributed by atoms with Gasteiger partial charge in [-0.2, -0.15) is 0 Å². The maximum Gasteiger partial charge on any atom is 0.276 e.